The van der Waals surface area contributed by atoms with E-state index >= 15 is 0 Å². The van der Waals surface area contributed by atoms with Gasteiger partial charge in [0.15, 0.2) is 0 Å². The lowest BCUT2D eigenvalue weighted by Crippen LogP contribution is -2.30. The second-order valence-corrected chi connectivity index (χ2v) is 10.2. The molecule has 0 radical (unpaired) electrons. The lowest BCUT2D eigenvalue weighted by molar-refractivity contribution is -0.114. The molecule has 3 N–H and O–H groups in total. The average molecular weight is 580 g/mol. The van der Waals surface area contributed by atoms with Gasteiger partial charge < -0.3 is 20.7 Å². The van der Waals surface area contributed by atoms with Crippen LogP contribution in [0.25, 0.3) is 6.08 Å². The maximum Gasteiger partial charge on any atom is 0.339 e. The number of carbonyl (C=O) groups excluding carboxylic acids is 4. The third-order valence-corrected chi connectivity index (χ3v) is 6.98. The quantitative estimate of drug-likeness (QED) is 0.122. The van der Waals surface area contributed by atoms with Crippen LogP contribution in [0.15, 0.2) is 114 Å². The van der Waals surface area contributed by atoms with Crippen LogP contribution in [-0.2, 0) is 14.3 Å². The van der Waals surface area contributed by atoms with Crippen LogP contribution in [-0.4, -0.2) is 36.6 Å². The molecule has 0 saturated carbocycles. The summed E-state index contributed by atoms with van der Waals surface area (Å²) in [5, 5.41) is 8.30. The lowest BCUT2D eigenvalue weighted by atomic mass is 10.1. The maximum absolute atomic E-state index is 13.3. The first-order valence-corrected chi connectivity index (χ1v) is 14.0. The highest BCUT2D eigenvalue weighted by Gasteiger charge is 2.16. The van der Waals surface area contributed by atoms with E-state index in [1.807, 2.05) is 37.3 Å². The Bertz CT molecular complexity index is 1620. The fourth-order valence-electron chi connectivity index (χ4n) is 3.92. The molecule has 0 atom stereocenters. The normalized spacial score (nSPS) is 10.9. The largest absolute Gasteiger partial charge is 0.465 e. The van der Waals surface area contributed by atoms with Gasteiger partial charge in [-0.2, -0.15) is 0 Å². The van der Waals surface area contributed by atoms with E-state index in [0.29, 0.717) is 16.9 Å². The number of methoxy groups -OCH3 is 1. The van der Waals surface area contributed by atoms with Crippen molar-refractivity contribution in [2.75, 3.05) is 23.5 Å². The van der Waals surface area contributed by atoms with E-state index in [0.717, 1.165) is 16.0 Å². The molecule has 0 aliphatic carbocycles. The van der Waals surface area contributed by atoms with Crippen LogP contribution in [0, 0.1) is 6.92 Å². The van der Waals surface area contributed by atoms with Crippen LogP contribution >= 0.6 is 11.8 Å². The van der Waals surface area contributed by atoms with Gasteiger partial charge in [0, 0.05) is 16.1 Å². The van der Waals surface area contributed by atoms with Crippen molar-refractivity contribution in [3.05, 3.63) is 131 Å². The molecule has 3 amide bonds. The molecule has 0 spiro atoms. The van der Waals surface area contributed by atoms with Gasteiger partial charge in [-0.25, -0.2) is 4.79 Å². The van der Waals surface area contributed by atoms with Crippen LogP contribution in [0.2, 0.25) is 0 Å². The van der Waals surface area contributed by atoms with Crippen LogP contribution in [0.4, 0.5) is 11.4 Å². The lowest BCUT2D eigenvalue weighted by Gasteiger charge is -2.12. The zero-order chi connectivity index (χ0) is 29.9. The van der Waals surface area contributed by atoms with Gasteiger partial charge in [0.2, 0.25) is 5.91 Å². The van der Waals surface area contributed by atoms with Crippen molar-refractivity contribution in [2.24, 2.45) is 0 Å². The van der Waals surface area contributed by atoms with Gasteiger partial charge >= 0.3 is 5.97 Å². The van der Waals surface area contributed by atoms with Gasteiger partial charge in [-0.3, -0.25) is 14.4 Å². The molecule has 4 aromatic rings. The maximum atomic E-state index is 13.3. The van der Waals surface area contributed by atoms with E-state index in [1.54, 1.807) is 78.9 Å². The molecule has 0 aliphatic heterocycles. The number of amides is 3. The van der Waals surface area contributed by atoms with Crippen molar-refractivity contribution in [3.8, 4) is 0 Å². The van der Waals surface area contributed by atoms with E-state index in [2.05, 4.69) is 16.0 Å². The van der Waals surface area contributed by atoms with Crippen LogP contribution in [0.3, 0.4) is 0 Å². The van der Waals surface area contributed by atoms with Crippen molar-refractivity contribution in [1.82, 2.24) is 5.32 Å². The molecule has 212 valence electrons. The number of ether oxygens (including phenoxy) is 1. The summed E-state index contributed by atoms with van der Waals surface area (Å²) in [4.78, 5) is 51.3. The Morgan fingerprint density at radius 2 is 1.52 bits per heavy atom. The highest BCUT2D eigenvalue weighted by Crippen LogP contribution is 2.22. The third-order valence-electron chi connectivity index (χ3n) is 5.97. The number of nitrogens with one attached hydrogen (secondary N) is 3. The van der Waals surface area contributed by atoms with Gasteiger partial charge in [0.1, 0.15) is 5.70 Å². The number of esters is 1. The van der Waals surface area contributed by atoms with E-state index in [-0.39, 0.29) is 22.9 Å². The van der Waals surface area contributed by atoms with Crippen LogP contribution < -0.4 is 16.0 Å². The first kappa shape index (κ1) is 29.8. The SMILES string of the molecule is COC(=O)c1ccccc1NC(=O)CSc1ccc(NC(=O)/C(=C/c2cccc(C)c2)NC(=O)c2ccccc2)cc1. The number of aryl methyl sites for hydroxylation is 1. The van der Waals surface area contributed by atoms with E-state index in [1.165, 1.54) is 18.9 Å². The minimum atomic E-state index is -0.535. The summed E-state index contributed by atoms with van der Waals surface area (Å²) in [5.74, 6) is -1.59. The number of rotatable bonds is 10. The summed E-state index contributed by atoms with van der Waals surface area (Å²) < 4.78 is 4.77. The Balaban J connectivity index is 1.40. The summed E-state index contributed by atoms with van der Waals surface area (Å²) >= 11 is 1.30. The Kier molecular flexibility index (Phi) is 10.3. The minimum Gasteiger partial charge on any atom is -0.465 e. The highest BCUT2D eigenvalue weighted by atomic mass is 32.2. The molecule has 0 bridgehead atoms. The first-order valence-electron chi connectivity index (χ1n) is 13.0. The highest BCUT2D eigenvalue weighted by molar-refractivity contribution is 8.00. The summed E-state index contributed by atoms with van der Waals surface area (Å²) in [6.45, 7) is 1.95. The molecule has 0 saturated heterocycles. The van der Waals surface area contributed by atoms with E-state index in [4.69, 9.17) is 4.74 Å². The second-order valence-electron chi connectivity index (χ2n) is 9.14. The summed E-state index contributed by atoms with van der Waals surface area (Å²) in [7, 11) is 1.28. The molecule has 8 nitrogen and oxygen atoms in total. The van der Waals surface area contributed by atoms with Crippen molar-refractivity contribution < 1.29 is 23.9 Å². The van der Waals surface area contributed by atoms with Gasteiger partial charge in [0.05, 0.1) is 24.1 Å². The minimum absolute atomic E-state index is 0.0943. The van der Waals surface area contributed by atoms with E-state index in [9.17, 15) is 19.2 Å². The topological polar surface area (TPSA) is 114 Å². The average Bonchev–Trinajstić information content (AvgIpc) is 3.00. The van der Waals surface area contributed by atoms with Gasteiger partial charge in [0.25, 0.3) is 11.8 Å². The number of carbonyl (C=O) groups is 4. The van der Waals surface area contributed by atoms with Crippen molar-refractivity contribution in [1.29, 1.82) is 0 Å². The number of thioether (sulfide) groups is 1. The summed E-state index contributed by atoms with van der Waals surface area (Å²) in [6, 6.07) is 29.9. The van der Waals surface area contributed by atoms with Crippen LogP contribution in [0.1, 0.15) is 31.8 Å². The molecule has 9 heteroatoms. The predicted octanol–water partition coefficient (Wildman–Crippen LogP) is 5.92. The predicted molar refractivity (Wildman–Crippen MR) is 165 cm³/mol. The number of benzene rings is 4. The smallest absolute Gasteiger partial charge is 0.339 e. The number of para-hydroxylation sites is 1. The monoisotopic (exact) mass is 579 g/mol. The fraction of sp³-hybridized carbons (Fsp3) is 0.0909. The molecule has 0 fully saturated rings. The molecule has 0 aromatic heterocycles. The Labute approximate surface area is 248 Å². The molecule has 0 aliphatic rings. The molecule has 4 aromatic carbocycles. The number of hydrogen-bond acceptors (Lipinski definition) is 6. The van der Waals surface area contributed by atoms with Crippen molar-refractivity contribution >= 4 is 52.9 Å². The Hall–Kier alpha value is -5.15. The number of hydrogen-bond donors (Lipinski definition) is 3. The summed E-state index contributed by atoms with van der Waals surface area (Å²) in [5.41, 5.74) is 3.48. The molecular weight excluding hydrogens is 550 g/mol. The summed E-state index contributed by atoms with van der Waals surface area (Å²) in [6.07, 6.45) is 1.63. The zero-order valence-electron chi connectivity index (χ0n) is 23.0. The third kappa shape index (κ3) is 8.42. The van der Waals surface area contributed by atoms with Crippen molar-refractivity contribution in [2.45, 2.75) is 11.8 Å². The Morgan fingerprint density at radius 3 is 2.24 bits per heavy atom. The van der Waals surface area contributed by atoms with Gasteiger partial charge in [-0.1, -0.05) is 60.2 Å². The molecule has 0 unspecified atom stereocenters. The molecule has 0 heterocycles. The number of anilines is 2. The second kappa shape index (κ2) is 14.5. The van der Waals surface area contributed by atoms with Gasteiger partial charge in [-0.05, 0) is 67.1 Å². The van der Waals surface area contributed by atoms with Gasteiger partial charge in [-0.15, -0.1) is 11.8 Å². The van der Waals surface area contributed by atoms with Crippen molar-refractivity contribution in [3.63, 3.8) is 0 Å². The zero-order valence-corrected chi connectivity index (χ0v) is 23.9. The molecular formula is C33H29N3O5S. The molecule has 42 heavy (non-hydrogen) atoms. The Morgan fingerprint density at radius 1 is 0.810 bits per heavy atom. The standard InChI is InChI=1S/C33H29N3O5S/c1-22-9-8-10-23(19-22)20-29(36-31(38)24-11-4-3-5-12-24)32(39)34-25-15-17-26(18-16-25)42-21-30(37)35-28-14-7-6-13-27(28)33(40)41-2/h3-20H,21H2,1-2H3,(H,34,39)(H,35,37)(H,36,38)/b29-20-. The van der Waals surface area contributed by atoms with Crippen LogP contribution in [0.5, 0.6) is 0 Å². The first-order chi connectivity index (χ1) is 20.3. The van der Waals surface area contributed by atoms with E-state index < -0.39 is 17.8 Å². The molecule has 4 rings (SSSR count). The fourth-order valence-corrected chi connectivity index (χ4v) is 4.62.